The van der Waals surface area contributed by atoms with Crippen molar-refractivity contribution in [3.8, 4) is 0 Å². The van der Waals surface area contributed by atoms with E-state index in [1.807, 2.05) is 0 Å². The predicted molar refractivity (Wildman–Crippen MR) is 94.3 cm³/mol. The number of furan rings is 1. The monoisotopic (exact) mass is 380 g/mol. The number of carbonyl (C=O) groups is 2. The van der Waals surface area contributed by atoms with E-state index in [1.165, 1.54) is 12.5 Å². The number of thioether (sulfide) groups is 1. The summed E-state index contributed by atoms with van der Waals surface area (Å²) in [6.45, 7) is 0.936. The number of para-hydroxylation sites is 1. The van der Waals surface area contributed by atoms with Crippen molar-refractivity contribution in [2.24, 2.45) is 5.92 Å². The molecule has 0 bridgehead atoms. The number of benzene rings is 1. The predicted octanol–water partition coefficient (Wildman–Crippen LogP) is 4.09. The summed E-state index contributed by atoms with van der Waals surface area (Å²) in [6.07, 6.45) is 3.90. The molecule has 5 nitrogen and oxygen atoms in total. The second kappa shape index (κ2) is 8.35. The molecule has 3 rings (SSSR count). The number of hydrogen-bond donors (Lipinski definition) is 1. The highest BCUT2D eigenvalue weighted by molar-refractivity contribution is 7.99. The minimum atomic E-state index is -2.55. The van der Waals surface area contributed by atoms with Crippen LogP contribution in [0.25, 0.3) is 0 Å². The number of piperidine rings is 1. The smallest absolute Gasteiger partial charge is 0.288 e. The van der Waals surface area contributed by atoms with Gasteiger partial charge in [0.05, 0.1) is 17.5 Å². The summed E-state index contributed by atoms with van der Waals surface area (Å²) < 4.78 is 30.2. The van der Waals surface area contributed by atoms with E-state index in [0.29, 0.717) is 53.8 Å². The van der Waals surface area contributed by atoms with Gasteiger partial charge in [-0.2, -0.15) is 8.78 Å². The van der Waals surface area contributed by atoms with E-state index in [4.69, 9.17) is 4.42 Å². The van der Waals surface area contributed by atoms with Crippen LogP contribution >= 0.6 is 11.8 Å². The molecular formula is C18H18F2N2O3S. The number of rotatable bonds is 5. The zero-order valence-corrected chi connectivity index (χ0v) is 14.7. The summed E-state index contributed by atoms with van der Waals surface area (Å²) in [5.74, 6) is -3.13. The zero-order chi connectivity index (χ0) is 18.5. The topological polar surface area (TPSA) is 62.6 Å². The minimum Gasteiger partial charge on any atom is -0.472 e. The number of hydrogen-bond acceptors (Lipinski definition) is 4. The van der Waals surface area contributed by atoms with Crippen molar-refractivity contribution in [2.45, 2.75) is 23.5 Å². The molecule has 0 spiro atoms. The molecule has 1 fully saturated rings. The normalized spacial score (nSPS) is 15.3. The number of amides is 2. The maximum absolute atomic E-state index is 12.6. The number of halogens is 2. The van der Waals surface area contributed by atoms with Crippen LogP contribution in [0.2, 0.25) is 0 Å². The first-order valence-corrected chi connectivity index (χ1v) is 9.08. The zero-order valence-electron chi connectivity index (χ0n) is 13.9. The summed E-state index contributed by atoms with van der Waals surface area (Å²) >= 11 is 0.407. The van der Waals surface area contributed by atoms with E-state index in [-0.39, 0.29) is 17.7 Å². The van der Waals surface area contributed by atoms with Gasteiger partial charge in [-0.15, -0.1) is 0 Å². The highest BCUT2D eigenvalue weighted by Gasteiger charge is 2.28. The molecule has 1 N–H and O–H groups in total. The third kappa shape index (κ3) is 4.43. The van der Waals surface area contributed by atoms with Crippen LogP contribution in [0.4, 0.5) is 14.5 Å². The van der Waals surface area contributed by atoms with Gasteiger partial charge < -0.3 is 14.6 Å². The fourth-order valence-corrected chi connectivity index (χ4v) is 3.51. The highest BCUT2D eigenvalue weighted by Crippen LogP contribution is 2.32. The average Bonchev–Trinajstić information content (AvgIpc) is 3.17. The molecule has 2 heterocycles. The molecule has 0 atom stereocenters. The summed E-state index contributed by atoms with van der Waals surface area (Å²) in [5, 5.41) is 2.75. The second-order valence-corrected chi connectivity index (χ2v) is 6.97. The van der Waals surface area contributed by atoms with Crippen LogP contribution < -0.4 is 5.32 Å². The molecule has 0 saturated carbocycles. The van der Waals surface area contributed by atoms with Gasteiger partial charge in [-0.05, 0) is 31.0 Å². The molecule has 0 aliphatic carbocycles. The Kier molecular flexibility index (Phi) is 5.92. The number of anilines is 1. The number of nitrogens with zero attached hydrogens (tertiary/aromatic N) is 1. The molecule has 2 aromatic rings. The largest absolute Gasteiger partial charge is 0.472 e. The van der Waals surface area contributed by atoms with E-state index in [0.717, 1.165) is 0 Å². The van der Waals surface area contributed by atoms with Gasteiger partial charge in [-0.3, -0.25) is 9.59 Å². The fraction of sp³-hybridized carbons (Fsp3) is 0.333. The minimum absolute atomic E-state index is 0.115. The van der Waals surface area contributed by atoms with Crippen molar-refractivity contribution in [1.82, 2.24) is 4.90 Å². The van der Waals surface area contributed by atoms with Crippen molar-refractivity contribution >= 4 is 29.3 Å². The maximum Gasteiger partial charge on any atom is 0.288 e. The van der Waals surface area contributed by atoms with Gasteiger partial charge in [-0.25, -0.2) is 0 Å². The van der Waals surface area contributed by atoms with Gasteiger partial charge in [0.2, 0.25) is 5.91 Å². The summed E-state index contributed by atoms with van der Waals surface area (Å²) in [6, 6.07) is 8.12. The highest BCUT2D eigenvalue weighted by atomic mass is 32.2. The quantitative estimate of drug-likeness (QED) is 0.794. The molecule has 0 radical (unpaired) electrons. The van der Waals surface area contributed by atoms with Gasteiger partial charge in [0.15, 0.2) is 0 Å². The van der Waals surface area contributed by atoms with E-state index >= 15 is 0 Å². The van der Waals surface area contributed by atoms with Crippen molar-refractivity contribution in [1.29, 1.82) is 0 Å². The molecule has 0 unspecified atom stereocenters. The van der Waals surface area contributed by atoms with E-state index < -0.39 is 5.76 Å². The third-order valence-electron chi connectivity index (χ3n) is 4.28. The van der Waals surface area contributed by atoms with Crippen LogP contribution in [0.3, 0.4) is 0 Å². The van der Waals surface area contributed by atoms with Crippen LogP contribution in [-0.4, -0.2) is 35.6 Å². The Morgan fingerprint density at radius 1 is 1.19 bits per heavy atom. The van der Waals surface area contributed by atoms with Gasteiger partial charge in [0.25, 0.3) is 11.7 Å². The summed E-state index contributed by atoms with van der Waals surface area (Å²) in [5.41, 5.74) is 0.880. The van der Waals surface area contributed by atoms with Crippen LogP contribution in [0.5, 0.6) is 0 Å². The first-order valence-electron chi connectivity index (χ1n) is 8.21. The van der Waals surface area contributed by atoms with E-state index in [1.54, 1.807) is 35.2 Å². The fourth-order valence-electron chi connectivity index (χ4n) is 2.92. The molecule has 2 amide bonds. The Balaban J connectivity index is 1.57. The first kappa shape index (κ1) is 18.4. The molecule has 1 aromatic carbocycles. The number of alkyl halides is 2. The average molecular weight is 380 g/mol. The van der Waals surface area contributed by atoms with Gasteiger partial charge >= 0.3 is 0 Å². The third-order valence-corrected chi connectivity index (χ3v) is 5.07. The molecule has 8 heteroatoms. The Morgan fingerprint density at radius 2 is 1.92 bits per heavy atom. The van der Waals surface area contributed by atoms with Gasteiger partial charge in [0.1, 0.15) is 6.26 Å². The van der Waals surface area contributed by atoms with Crippen molar-refractivity contribution in [3.63, 3.8) is 0 Å². The number of likely N-dealkylation sites (tertiary alicyclic amines) is 1. The summed E-state index contributed by atoms with van der Waals surface area (Å²) in [7, 11) is 0. The lowest BCUT2D eigenvalue weighted by Gasteiger charge is -2.31. The number of carbonyl (C=O) groups excluding carboxylic acids is 2. The maximum atomic E-state index is 12.6. The lowest BCUT2D eigenvalue weighted by atomic mass is 9.95. The standard InChI is InChI=1S/C18H18F2N2O3S/c19-18(20)26-15-4-2-1-3-14(15)21-16(23)12-5-8-22(9-6-12)17(24)13-7-10-25-11-13/h1-4,7,10-12,18H,5-6,8-9H2,(H,21,23). The van der Waals surface area contributed by atoms with Crippen molar-refractivity contribution in [3.05, 3.63) is 48.4 Å². The Morgan fingerprint density at radius 3 is 2.58 bits per heavy atom. The van der Waals surface area contributed by atoms with Crippen LogP contribution in [-0.2, 0) is 4.79 Å². The van der Waals surface area contributed by atoms with Crippen molar-refractivity contribution in [2.75, 3.05) is 18.4 Å². The lowest BCUT2D eigenvalue weighted by molar-refractivity contribution is -0.121. The Labute approximate surface area is 153 Å². The van der Waals surface area contributed by atoms with Crippen molar-refractivity contribution < 1.29 is 22.8 Å². The van der Waals surface area contributed by atoms with Crippen LogP contribution in [0.15, 0.2) is 52.2 Å². The molecular weight excluding hydrogens is 362 g/mol. The van der Waals surface area contributed by atoms with Gasteiger partial charge in [-0.1, -0.05) is 23.9 Å². The summed E-state index contributed by atoms with van der Waals surface area (Å²) in [4.78, 5) is 26.8. The molecule has 1 aliphatic heterocycles. The second-order valence-electron chi connectivity index (χ2n) is 5.94. The molecule has 1 aromatic heterocycles. The SMILES string of the molecule is O=C(Nc1ccccc1SC(F)F)C1CCN(C(=O)c2ccoc2)CC1. The molecule has 138 valence electrons. The van der Waals surface area contributed by atoms with Crippen LogP contribution in [0.1, 0.15) is 23.2 Å². The number of nitrogens with one attached hydrogen (secondary N) is 1. The lowest BCUT2D eigenvalue weighted by Crippen LogP contribution is -2.41. The first-order chi connectivity index (χ1) is 12.5. The molecule has 1 saturated heterocycles. The molecule has 26 heavy (non-hydrogen) atoms. The van der Waals surface area contributed by atoms with E-state index in [2.05, 4.69) is 5.32 Å². The Hall–Kier alpha value is -2.35. The molecule has 1 aliphatic rings. The van der Waals surface area contributed by atoms with Gasteiger partial charge in [0, 0.05) is 23.9 Å². The van der Waals surface area contributed by atoms with E-state index in [9.17, 15) is 18.4 Å². The van der Waals surface area contributed by atoms with Crippen LogP contribution in [0, 0.1) is 5.92 Å². The Bertz CT molecular complexity index is 760.